The second-order valence-electron chi connectivity index (χ2n) is 5.29. The van der Waals surface area contributed by atoms with Gasteiger partial charge in [-0.2, -0.15) is 13.1 Å². The summed E-state index contributed by atoms with van der Waals surface area (Å²) in [4.78, 5) is 4.22. The van der Waals surface area contributed by atoms with Gasteiger partial charge in [-0.25, -0.2) is 8.42 Å². The largest absolute Gasteiger partial charge is 0.370 e. The number of rotatable bonds is 5. The van der Waals surface area contributed by atoms with Crippen LogP contribution in [0.1, 0.15) is 25.7 Å². The highest BCUT2D eigenvalue weighted by atomic mass is 32.2. The van der Waals surface area contributed by atoms with E-state index in [0.717, 1.165) is 17.1 Å². The average Bonchev–Trinajstić information content (AvgIpc) is 3.20. The molecule has 0 spiro atoms. The Morgan fingerprint density at radius 3 is 2.40 bits per heavy atom. The third kappa shape index (κ3) is 4.02. The Morgan fingerprint density at radius 2 is 1.90 bits per heavy atom. The van der Waals surface area contributed by atoms with Gasteiger partial charge in [0.25, 0.3) is 10.0 Å². The van der Waals surface area contributed by atoms with Crippen LogP contribution in [0.4, 0.5) is 8.78 Å². The molecular weight excluding hydrogens is 290 g/mol. The SMILES string of the molecule is NC(=NCC1CCN(S(=O)(=O)C(F)F)CC1)NC1CC1. The summed E-state index contributed by atoms with van der Waals surface area (Å²) in [6.07, 6.45) is 3.29. The predicted octanol–water partition coefficient (Wildman–Crippen LogP) is 0.318. The van der Waals surface area contributed by atoms with Gasteiger partial charge in [-0.3, -0.25) is 4.99 Å². The third-order valence-corrected chi connectivity index (χ3v) is 5.14. The van der Waals surface area contributed by atoms with Crippen LogP contribution in [0.5, 0.6) is 0 Å². The fourth-order valence-corrected chi connectivity index (χ4v) is 3.11. The molecular formula is C11H20F2N4O2S. The van der Waals surface area contributed by atoms with Crippen LogP contribution in [-0.2, 0) is 10.0 Å². The predicted molar refractivity (Wildman–Crippen MR) is 71.9 cm³/mol. The first-order valence-electron chi connectivity index (χ1n) is 6.73. The molecule has 0 aromatic heterocycles. The monoisotopic (exact) mass is 310 g/mol. The summed E-state index contributed by atoms with van der Waals surface area (Å²) in [5.74, 6) is -2.73. The fourth-order valence-electron chi connectivity index (χ4n) is 2.17. The van der Waals surface area contributed by atoms with Crippen molar-refractivity contribution in [3.63, 3.8) is 0 Å². The van der Waals surface area contributed by atoms with Crippen molar-refractivity contribution in [3.8, 4) is 0 Å². The van der Waals surface area contributed by atoms with E-state index in [2.05, 4.69) is 10.3 Å². The lowest BCUT2D eigenvalue weighted by molar-refractivity contribution is 0.205. The van der Waals surface area contributed by atoms with Crippen LogP contribution in [0, 0.1) is 5.92 Å². The Kier molecular flexibility index (Phi) is 4.79. The molecule has 0 aromatic carbocycles. The highest BCUT2D eigenvalue weighted by Gasteiger charge is 2.34. The number of nitrogens with zero attached hydrogens (tertiary/aromatic N) is 2. The molecule has 1 saturated heterocycles. The second-order valence-corrected chi connectivity index (χ2v) is 7.20. The number of halogens is 2. The zero-order valence-electron chi connectivity index (χ0n) is 11.1. The number of alkyl halides is 2. The molecule has 0 amide bonds. The van der Waals surface area contributed by atoms with Crippen molar-refractivity contribution in [1.29, 1.82) is 0 Å². The third-order valence-electron chi connectivity index (χ3n) is 3.61. The van der Waals surface area contributed by atoms with Crippen LogP contribution in [0.2, 0.25) is 0 Å². The molecule has 0 atom stereocenters. The molecule has 3 N–H and O–H groups in total. The van der Waals surface area contributed by atoms with E-state index in [1.54, 1.807) is 0 Å². The number of guanidine groups is 1. The van der Waals surface area contributed by atoms with Gasteiger partial charge >= 0.3 is 5.76 Å². The molecule has 20 heavy (non-hydrogen) atoms. The van der Waals surface area contributed by atoms with Crippen LogP contribution in [0.25, 0.3) is 0 Å². The Bertz CT molecular complexity index is 457. The van der Waals surface area contributed by atoms with Crippen molar-refractivity contribution in [2.45, 2.75) is 37.5 Å². The number of hydrogen-bond acceptors (Lipinski definition) is 3. The van der Waals surface area contributed by atoms with Crippen LogP contribution in [0.15, 0.2) is 4.99 Å². The molecule has 1 aliphatic heterocycles. The van der Waals surface area contributed by atoms with Crippen molar-refractivity contribution in [2.24, 2.45) is 16.6 Å². The van der Waals surface area contributed by atoms with Crippen LogP contribution < -0.4 is 11.1 Å². The van der Waals surface area contributed by atoms with Crippen LogP contribution in [0.3, 0.4) is 0 Å². The second kappa shape index (κ2) is 6.21. The Morgan fingerprint density at radius 1 is 1.30 bits per heavy atom. The summed E-state index contributed by atoms with van der Waals surface area (Å²) in [6.45, 7) is 0.764. The molecule has 0 radical (unpaired) electrons. The molecule has 2 fully saturated rings. The van der Waals surface area contributed by atoms with Gasteiger partial charge in [0.1, 0.15) is 0 Å². The van der Waals surface area contributed by atoms with E-state index in [9.17, 15) is 17.2 Å². The summed E-state index contributed by atoms with van der Waals surface area (Å²) >= 11 is 0. The van der Waals surface area contributed by atoms with E-state index in [-0.39, 0.29) is 19.0 Å². The normalized spacial score (nSPS) is 23.2. The summed E-state index contributed by atoms with van der Waals surface area (Å²) in [6, 6.07) is 0.441. The quantitative estimate of drug-likeness (QED) is 0.565. The van der Waals surface area contributed by atoms with Crippen LogP contribution in [-0.4, -0.2) is 50.1 Å². The van der Waals surface area contributed by atoms with Gasteiger partial charge in [0.15, 0.2) is 5.96 Å². The zero-order chi connectivity index (χ0) is 14.8. The summed E-state index contributed by atoms with van der Waals surface area (Å²) in [7, 11) is -4.44. The fraction of sp³-hybridized carbons (Fsp3) is 0.909. The molecule has 2 aliphatic rings. The minimum atomic E-state index is -4.44. The van der Waals surface area contributed by atoms with Crippen LogP contribution >= 0.6 is 0 Å². The maximum Gasteiger partial charge on any atom is 0.350 e. The number of aliphatic imine (C=N–C) groups is 1. The number of nitrogens with two attached hydrogens (primary N) is 1. The number of hydrogen-bond donors (Lipinski definition) is 2. The lowest BCUT2D eigenvalue weighted by Crippen LogP contribution is -2.42. The van der Waals surface area contributed by atoms with Gasteiger partial charge in [-0.05, 0) is 31.6 Å². The van der Waals surface area contributed by atoms with Gasteiger partial charge in [-0.1, -0.05) is 0 Å². The van der Waals surface area contributed by atoms with E-state index >= 15 is 0 Å². The molecule has 116 valence electrons. The highest BCUT2D eigenvalue weighted by Crippen LogP contribution is 2.23. The maximum atomic E-state index is 12.4. The lowest BCUT2D eigenvalue weighted by atomic mass is 9.98. The van der Waals surface area contributed by atoms with Gasteiger partial charge < -0.3 is 11.1 Å². The molecule has 1 saturated carbocycles. The minimum Gasteiger partial charge on any atom is -0.370 e. The molecule has 1 aliphatic carbocycles. The van der Waals surface area contributed by atoms with Crippen molar-refractivity contribution < 1.29 is 17.2 Å². The number of sulfonamides is 1. The molecule has 6 nitrogen and oxygen atoms in total. The highest BCUT2D eigenvalue weighted by molar-refractivity contribution is 7.89. The van der Waals surface area contributed by atoms with Gasteiger partial charge in [-0.15, -0.1) is 0 Å². The molecule has 2 rings (SSSR count). The maximum absolute atomic E-state index is 12.4. The number of nitrogens with one attached hydrogen (secondary N) is 1. The van der Waals surface area contributed by atoms with Crippen molar-refractivity contribution in [2.75, 3.05) is 19.6 Å². The standard InChI is InChI=1S/C11H20F2N4O2S/c12-10(13)20(18,19)17-5-3-8(4-6-17)7-15-11(14)16-9-1-2-9/h8-10H,1-7H2,(H3,14,15,16). The van der Waals surface area contributed by atoms with E-state index in [1.165, 1.54) is 0 Å². The first kappa shape index (κ1) is 15.4. The first-order valence-corrected chi connectivity index (χ1v) is 8.23. The van der Waals surface area contributed by atoms with Gasteiger partial charge in [0.2, 0.25) is 0 Å². The average molecular weight is 310 g/mol. The van der Waals surface area contributed by atoms with Crippen molar-refractivity contribution in [1.82, 2.24) is 9.62 Å². The summed E-state index contributed by atoms with van der Waals surface area (Å²) in [5.41, 5.74) is 5.70. The Balaban J connectivity index is 1.76. The smallest absolute Gasteiger partial charge is 0.350 e. The molecule has 1 heterocycles. The zero-order valence-corrected chi connectivity index (χ0v) is 12.0. The molecule has 0 unspecified atom stereocenters. The lowest BCUT2D eigenvalue weighted by Gasteiger charge is -2.30. The Hall–Kier alpha value is -0.960. The van der Waals surface area contributed by atoms with E-state index < -0.39 is 15.8 Å². The minimum absolute atomic E-state index is 0.128. The van der Waals surface area contributed by atoms with Gasteiger partial charge in [0.05, 0.1) is 0 Å². The van der Waals surface area contributed by atoms with E-state index in [1.807, 2.05) is 0 Å². The first-order chi connectivity index (χ1) is 9.39. The molecule has 0 bridgehead atoms. The van der Waals surface area contributed by atoms with Crippen molar-refractivity contribution in [3.05, 3.63) is 0 Å². The topological polar surface area (TPSA) is 87.8 Å². The summed E-state index contributed by atoms with van der Waals surface area (Å²) in [5, 5.41) is 3.06. The van der Waals surface area contributed by atoms with E-state index in [0.29, 0.717) is 31.4 Å². The van der Waals surface area contributed by atoms with Crippen molar-refractivity contribution >= 4 is 16.0 Å². The Labute approximate surface area is 117 Å². The number of piperidine rings is 1. The van der Waals surface area contributed by atoms with Gasteiger partial charge in [0, 0.05) is 25.7 Å². The summed E-state index contributed by atoms with van der Waals surface area (Å²) < 4.78 is 48.3. The van der Waals surface area contributed by atoms with E-state index in [4.69, 9.17) is 5.73 Å². The molecule has 0 aromatic rings. The molecule has 9 heteroatoms.